The van der Waals surface area contributed by atoms with Gasteiger partial charge in [0.25, 0.3) is 11.9 Å². The Morgan fingerprint density at radius 1 is 1.00 bits per heavy atom. The molecule has 0 aliphatic carbocycles. The summed E-state index contributed by atoms with van der Waals surface area (Å²) in [5.41, 5.74) is 0.610. The van der Waals surface area contributed by atoms with Crippen molar-refractivity contribution in [3.63, 3.8) is 0 Å². The van der Waals surface area contributed by atoms with E-state index in [1.807, 2.05) is 24.3 Å². The van der Waals surface area contributed by atoms with Gasteiger partial charge < -0.3 is 15.0 Å². The van der Waals surface area contributed by atoms with Crippen LogP contribution in [0.4, 0.5) is 28.0 Å². The number of nitrogens with one attached hydrogen (secondary N) is 2. The summed E-state index contributed by atoms with van der Waals surface area (Å²) in [6.45, 7) is 2.20. The van der Waals surface area contributed by atoms with Crippen LogP contribution in [0.2, 0.25) is 0 Å². The van der Waals surface area contributed by atoms with Gasteiger partial charge in [-0.1, -0.05) is 42.5 Å². The molecule has 2 N–H and O–H groups in total. The summed E-state index contributed by atoms with van der Waals surface area (Å²) in [7, 11) is 0. The Morgan fingerprint density at radius 2 is 1.70 bits per heavy atom. The lowest BCUT2D eigenvalue weighted by molar-refractivity contribution is -0.208. The molecule has 40 heavy (non-hydrogen) atoms. The van der Waals surface area contributed by atoms with Crippen molar-refractivity contribution in [3.8, 4) is 0 Å². The fourth-order valence-electron chi connectivity index (χ4n) is 4.89. The van der Waals surface area contributed by atoms with Gasteiger partial charge >= 0.3 is 12.2 Å². The van der Waals surface area contributed by atoms with E-state index in [0.29, 0.717) is 19.5 Å². The number of benzene rings is 3. The first-order valence-electron chi connectivity index (χ1n) is 12.6. The molecular formula is C29H26F4N4O3. The molecule has 208 valence electrons. The average molecular weight is 555 g/mol. The number of nitrogens with zero attached hydrogens (tertiary/aromatic N) is 2. The fourth-order valence-corrected chi connectivity index (χ4v) is 4.89. The average Bonchev–Trinajstić information content (AvgIpc) is 2.93. The highest BCUT2D eigenvalue weighted by atomic mass is 19.4. The number of carbonyl (C=O) groups is 2. The number of anilines is 1. The second-order valence-corrected chi connectivity index (χ2v) is 9.93. The van der Waals surface area contributed by atoms with Crippen LogP contribution in [0.15, 0.2) is 77.8 Å². The predicted octanol–water partition coefficient (Wildman–Crippen LogP) is 5.77. The number of carbonyl (C=O) groups excluding carboxylic acids is 2. The van der Waals surface area contributed by atoms with Crippen molar-refractivity contribution in [1.82, 2.24) is 10.2 Å². The standard InChI is InChI=1S/C29H26F4N4O3/c1-28(16-24(29(31,32)33)40-26(36-28)35-25(38)19-8-3-2-4-9-19)22-15-21(11-12-23(22)30)34-27(39)37-14-13-18-7-5-6-10-20(18)17-37/h2-12,15,24H,13-14,16-17H2,1H3,(H,34,39)(H,35,36,38)/t24-,28-/m0/s1. The zero-order chi connectivity index (χ0) is 28.5. The van der Waals surface area contributed by atoms with E-state index in [-0.39, 0.29) is 16.8 Å². The Kier molecular flexibility index (Phi) is 7.22. The number of ether oxygens (including phenoxy) is 1. The number of halogens is 4. The molecule has 0 radical (unpaired) electrons. The molecule has 2 aliphatic rings. The van der Waals surface area contributed by atoms with Crippen molar-refractivity contribution < 1.29 is 31.9 Å². The van der Waals surface area contributed by atoms with E-state index in [9.17, 15) is 22.8 Å². The van der Waals surface area contributed by atoms with Gasteiger partial charge in [0, 0.05) is 36.3 Å². The molecular weight excluding hydrogens is 528 g/mol. The highest BCUT2D eigenvalue weighted by Gasteiger charge is 2.50. The number of urea groups is 1. The number of alkyl halides is 3. The Balaban J connectivity index is 1.40. The maximum Gasteiger partial charge on any atom is 0.425 e. The van der Waals surface area contributed by atoms with Crippen LogP contribution in [-0.2, 0) is 23.2 Å². The van der Waals surface area contributed by atoms with E-state index in [1.165, 1.54) is 31.2 Å². The summed E-state index contributed by atoms with van der Waals surface area (Å²) < 4.78 is 61.7. The second kappa shape index (κ2) is 10.6. The maximum atomic E-state index is 15.1. The zero-order valence-electron chi connectivity index (χ0n) is 21.5. The molecule has 0 saturated carbocycles. The highest BCUT2D eigenvalue weighted by molar-refractivity contribution is 6.04. The number of amidine groups is 1. The van der Waals surface area contributed by atoms with Crippen LogP contribution >= 0.6 is 0 Å². The van der Waals surface area contributed by atoms with Crippen molar-refractivity contribution in [1.29, 1.82) is 0 Å². The van der Waals surface area contributed by atoms with Crippen LogP contribution in [-0.4, -0.2) is 41.7 Å². The zero-order valence-corrected chi connectivity index (χ0v) is 21.5. The summed E-state index contributed by atoms with van der Waals surface area (Å²) >= 11 is 0. The minimum Gasteiger partial charge on any atom is -0.452 e. The van der Waals surface area contributed by atoms with Crippen molar-refractivity contribution in [3.05, 3.63) is 101 Å². The third-order valence-corrected chi connectivity index (χ3v) is 7.02. The van der Waals surface area contributed by atoms with E-state index in [2.05, 4.69) is 15.6 Å². The van der Waals surface area contributed by atoms with Crippen LogP contribution < -0.4 is 10.6 Å². The number of rotatable bonds is 3. The van der Waals surface area contributed by atoms with E-state index in [0.717, 1.165) is 17.2 Å². The smallest absolute Gasteiger partial charge is 0.425 e. The molecule has 2 heterocycles. The van der Waals surface area contributed by atoms with E-state index >= 15 is 4.39 Å². The Labute approximate surface area is 227 Å². The van der Waals surface area contributed by atoms with Gasteiger partial charge in [0.05, 0.1) is 5.54 Å². The fraction of sp³-hybridized carbons (Fsp3) is 0.276. The number of amides is 3. The Bertz CT molecular complexity index is 1460. The number of hydrogen-bond acceptors (Lipinski definition) is 4. The molecule has 0 spiro atoms. The molecule has 3 aromatic rings. The number of fused-ring (bicyclic) bond motifs is 1. The van der Waals surface area contributed by atoms with Gasteiger partial charge in [0.1, 0.15) is 5.82 Å². The third kappa shape index (κ3) is 5.78. The quantitative estimate of drug-likeness (QED) is 0.404. The normalized spacial score (nSPS) is 20.6. The summed E-state index contributed by atoms with van der Waals surface area (Å²) in [6.07, 6.45) is -7.22. The van der Waals surface area contributed by atoms with Gasteiger partial charge in [0.15, 0.2) is 6.10 Å². The molecule has 11 heteroatoms. The minimum atomic E-state index is -4.81. The van der Waals surface area contributed by atoms with Crippen molar-refractivity contribution in [2.75, 3.05) is 11.9 Å². The van der Waals surface area contributed by atoms with Crippen LogP contribution in [0.25, 0.3) is 0 Å². The predicted molar refractivity (Wildman–Crippen MR) is 140 cm³/mol. The summed E-state index contributed by atoms with van der Waals surface area (Å²) in [5, 5.41) is 4.99. The molecule has 3 amide bonds. The summed E-state index contributed by atoms with van der Waals surface area (Å²) in [6, 6.07) is 18.2. The lowest BCUT2D eigenvalue weighted by Gasteiger charge is -2.37. The van der Waals surface area contributed by atoms with Crippen LogP contribution in [0.3, 0.4) is 0 Å². The molecule has 3 aromatic carbocycles. The maximum absolute atomic E-state index is 15.1. The van der Waals surface area contributed by atoms with Gasteiger partial charge in [0.2, 0.25) is 0 Å². The molecule has 0 unspecified atom stereocenters. The SMILES string of the molecule is C[C@@]1(c2cc(NC(=O)N3CCc4ccccc4C3)ccc2F)C[C@@H](C(F)(F)F)OC(NC(=O)c2ccccc2)=N1. The lowest BCUT2D eigenvalue weighted by Crippen LogP contribution is -2.48. The van der Waals surface area contributed by atoms with E-state index < -0.39 is 48.0 Å². The van der Waals surface area contributed by atoms with Gasteiger partial charge in [-0.2, -0.15) is 13.2 Å². The van der Waals surface area contributed by atoms with Crippen molar-refractivity contribution in [2.45, 2.75) is 44.1 Å². The first kappa shape index (κ1) is 27.2. The Hall–Kier alpha value is -4.41. The first-order valence-corrected chi connectivity index (χ1v) is 12.6. The van der Waals surface area contributed by atoms with Crippen molar-refractivity contribution in [2.24, 2.45) is 4.99 Å². The highest BCUT2D eigenvalue weighted by Crippen LogP contribution is 2.41. The molecule has 2 atom stereocenters. The molecule has 0 fully saturated rings. The monoisotopic (exact) mass is 554 g/mol. The molecule has 7 nitrogen and oxygen atoms in total. The topological polar surface area (TPSA) is 83.0 Å². The van der Waals surface area contributed by atoms with Gasteiger partial charge in [-0.3, -0.25) is 10.1 Å². The molecule has 5 rings (SSSR count). The van der Waals surface area contributed by atoms with Crippen LogP contribution in [0, 0.1) is 5.82 Å². The molecule has 0 aromatic heterocycles. The number of aliphatic imine (C=N–C) groups is 1. The Morgan fingerprint density at radius 3 is 2.42 bits per heavy atom. The number of hydrogen-bond donors (Lipinski definition) is 2. The first-order chi connectivity index (χ1) is 19.0. The summed E-state index contributed by atoms with van der Waals surface area (Å²) in [5.74, 6) is -1.54. The van der Waals surface area contributed by atoms with E-state index in [1.54, 1.807) is 23.1 Å². The van der Waals surface area contributed by atoms with Crippen molar-refractivity contribution >= 4 is 23.6 Å². The molecule has 2 aliphatic heterocycles. The molecule has 0 bridgehead atoms. The van der Waals surface area contributed by atoms with E-state index in [4.69, 9.17) is 4.74 Å². The lowest BCUT2D eigenvalue weighted by atomic mass is 9.85. The van der Waals surface area contributed by atoms with Gasteiger partial charge in [-0.15, -0.1) is 0 Å². The second-order valence-electron chi connectivity index (χ2n) is 9.93. The van der Waals surface area contributed by atoms with Crippen LogP contribution in [0.1, 0.15) is 40.4 Å². The van der Waals surface area contributed by atoms with Gasteiger partial charge in [-0.05, 0) is 54.8 Å². The summed E-state index contributed by atoms with van der Waals surface area (Å²) in [4.78, 5) is 31.4. The molecule has 0 saturated heterocycles. The largest absolute Gasteiger partial charge is 0.452 e. The van der Waals surface area contributed by atoms with Crippen LogP contribution in [0.5, 0.6) is 0 Å². The third-order valence-electron chi connectivity index (χ3n) is 7.02. The van der Waals surface area contributed by atoms with Gasteiger partial charge in [-0.25, -0.2) is 14.2 Å². The minimum absolute atomic E-state index is 0.181.